The highest BCUT2D eigenvalue weighted by Gasteiger charge is 2.35. The second-order valence-corrected chi connectivity index (χ2v) is 9.63. The molecule has 1 saturated heterocycles. The minimum absolute atomic E-state index is 0.103. The van der Waals surface area contributed by atoms with Gasteiger partial charge in [-0.05, 0) is 74.3 Å². The van der Waals surface area contributed by atoms with Crippen LogP contribution in [0.2, 0.25) is 0 Å². The van der Waals surface area contributed by atoms with E-state index in [0.29, 0.717) is 5.92 Å². The molecule has 2 nitrogen and oxygen atoms in total. The van der Waals surface area contributed by atoms with E-state index in [-0.39, 0.29) is 18.0 Å². The molecule has 0 radical (unpaired) electrons. The van der Waals surface area contributed by atoms with Gasteiger partial charge in [-0.2, -0.15) is 0 Å². The summed E-state index contributed by atoms with van der Waals surface area (Å²) in [4.78, 5) is 12.4. The van der Waals surface area contributed by atoms with Crippen molar-refractivity contribution in [1.29, 1.82) is 0 Å². The Hall–Kier alpha value is -1.31. The Balaban J connectivity index is 1.35. The van der Waals surface area contributed by atoms with Crippen molar-refractivity contribution in [1.82, 2.24) is 0 Å². The maximum absolute atomic E-state index is 12.4. The molecular formula is C27H42O2. The third kappa shape index (κ3) is 6.86. The fourth-order valence-electron chi connectivity index (χ4n) is 5.40. The van der Waals surface area contributed by atoms with Gasteiger partial charge >= 0.3 is 5.97 Å². The number of cyclic esters (lactones) is 1. The van der Waals surface area contributed by atoms with Crippen LogP contribution in [0.1, 0.15) is 102 Å². The SMILES string of the molecule is CCCCCC1CCC(C2CCC(CCc3ccc(CCC)cc3)CC2)OC1=O. The highest BCUT2D eigenvalue weighted by Crippen LogP contribution is 2.38. The lowest BCUT2D eigenvalue weighted by Crippen LogP contribution is -2.37. The van der Waals surface area contributed by atoms with Crippen molar-refractivity contribution in [2.75, 3.05) is 0 Å². The van der Waals surface area contributed by atoms with Gasteiger partial charge < -0.3 is 4.74 Å². The van der Waals surface area contributed by atoms with Crippen molar-refractivity contribution in [2.45, 2.75) is 110 Å². The molecule has 1 heterocycles. The highest BCUT2D eigenvalue weighted by atomic mass is 16.5. The summed E-state index contributed by atoms with van der Waals surface area (Å²) in [5.74, 6) is 1.74. The van der Waals surface area contributed by atoms with Crippen LogP contribution in [0.5, 0.6) is 0 Å². The third-order valence-electron chi connectivity index (χ3n) is 7.38. The van der Waals surface area contributed by atoms with Gasteiger partial charge in [-0.25, -0.2) is 0 Å². The van der Waals surface area contributed by atoms with Gasteiger partial charge in [0.15, 0.2) is 0 Å². The zero-order chi connectivity index (χ0) is 20.5. The van der Waals surface area contributed by atoms with Gasteiger partial charge in [-0.15, -0.1) is 0 Å². The summed E-state index contributed by atoms with van der Waals surface area (Å²) in [5, 5.41) is 0. The lowest BCUT2D eigenvalue weighted by Gasteiger charge is -2.37. The molecule has 2 atom stereocenters. The van der Waals surface area contributed by atoms with E-state index in [9.17, 15) is 4.79 Å². The van der Waals surface area contributed by atoms with E-state index in [4.69, 9.17) is 4.74 Å². The third-order valence-corrected chi connectivity index (χ3v) is 7.38. The second-order valence-electron chi connectivity index (χ2n) is 9.63. The summed E-state index contributed by atoms with van der Waals surface area (Å²) < 4.78 is 5.93. The largest absolute Gasteiger partial charge is 0.462 e. The summed E-state index contributed by atoms with van der Waals surface area (Å²) in [6.45, 7) is 4.46. The molecule has 0 amide bonds. The van der Waals surface area contributed by atoms with Crippen molar-refractivity contribution in [3.8, 4) is 0 Å². The van der Waals surface area contributed by atoms with E-state index in [1.165, 1.54) is 81.8 Å². The molecule has 1 aliphatic carbocycles. The molecule has 0 N–H and O–H groups in total. The molecule has 1 aromatic carbocycles. The molecule has 2 heteroatoms. The first kappa shape index (κ1) is 22.4. The maximum Gasteiger partial charge on any atom is 0.309 e. The number of benzene rings is 1. The number of carbonyl (C=O) groups excluding carboxylic acids is 1. The number of aryl methyl sites for hydroxylation is 2. The molecule has 2 unspecified atom stereocenters. The van der Waals surface area contributed by atoms with Gasteiger partial charge in [0.2, 0.25) is 0 Å². The Labute approximate surface area is 178 Å². The van der Waals surface area contributed by atoms with Gasteiger partial charge in [0.25, 0.3) is 0 Å². The summed E-state index contributed by atoms with van der Waals surface area (Å²) >= 11 is 0. The topological polar surface area (TPSA) is 26.3 Å². The molecule has 3 rings (SSSR count). The monoisotopic (exact) mass is 398 g/mol. The molecule has 1 saturated carbocycles. The van der Waals surface area contributed by atoms with Gasteiger partial charge in [-0.1, -0.05) is 76.6 Å². The first-order valence-electron chi connectivity index (χ1n) is 12.5. The summed E-state index contributed by atoms with van der Waals surface area (Å²) in [6, 6.07) is 9.27. The van der Waals surface area contributed by atoms with Crippen LogP contribution in [-0.2, 0) is 22.4 Å². The van der Waals surface area contributed by atoms with Crippen molar-refractivity contribution >= 4 is 5.97 Å². The minimum Gasteiger partial charge on any atom is -0.462 e. The van der Waals surface area contributed by atoms with Crippen molar-refractivity contribution in [3.63, 3.8) is 0 Å². The van der Waals surface area contributed by atoms with Gasteiger partial charge in [0, 0.05) is 0 Å². The molecule has 0 spiro atoms. The first-order valence-corrected chi connectivity index (χ1v) is 12.5. The smallest absolute Gasteiger partial charge is 0.309 e. The quantitative estimate of drug-likeness (QED) is 0.306. The average molecular weight is 399 g/mol. The molecule has 162 valence electrons. The van der Waals surface area contributed by atoms with Crippen molar-refractivity contribution in [2.24, 2.45) is 17.8 Å². The Morgan fingerprint density at radius 1 is 0.793 bits per heavy atom. The maximum atomic E-state index is 12.4. The van der Waals surface area contributed by atoms with E-state index in [2.05, 4.69) is 38.1 Å². The van der Waals surface area contributed by atoms with Crippen LogP contribution in [0.3, 0.4) is 0 Å². The molecule has 2 aliphatic rings. The van der Waals surface area contributed by atoms with Crippen LogP contribution in [0, 0.1) is 17.8 Å². The highest BCUT2D eigenvalue weighted by molar-refractivity contribution is 5.73. The average Bonchev–Trinajstić information content (AvgIpc) is 2.75. The molecule has 29 heavy (non-hydrogen) atoms. The molecule has 2 fully saturated rings. The molecule has 0 aromatic heterocycles. The fraction of sp³-hybridized carbons (Fsp3) is 0.741. The van der Waals surface area contributed by atoms with Crippen LogP contribution >= 0.6 is 0 Å². The number of unbranched alkanes of at least 4 members (excludes halogenated alkanes) is 2. The van der Waals surface area contributed by atoms with Gasteiger partial charge in [-0.3, -0.25) is 4.79 Å². The van der Waals surface area contributed by atoms with Crippen LogP contribution in [-0.4, -0.2) is 12.1 Å². The van der Waals surface area contributed by atoms with Crippen LogP contribution in [0.25, 0.3) is 0 Å². The Morgan fingerprint density at radius 3 is 2.10 bits per heavy atom. The number of ether oxygens (including phenoxy) is 1. The van der Waals surface area contributed by atoms with E-state index >= 15 is 0 Å². The number of rotatable bonds is 10. The number of esters is 1. The van der Waals surface area contributed by atoms with Crippen molar-refractivity contribution < 1.29 is 9.53 Å². The standard InChI is InChI=1S/C27H42O2/c1-3-5-6-8-25-19-20-26(29-27(25)28)24-17-15-23(16-18-24)14-13-22-11-9-21(7-4-2)10-12-22/h9-12,23-26H,3-8,13-20H2,1-2H3. The lowest BCUT2D eigenvalue weighted by atomic mass is 9.75. The van der Waals surface area contributed by atoms with E-state index < -0.39 is 0 Å². The van der Waals surface area contributed by atoms with E-state index in [1.807, 2.05) is 0 Å². The minimum atomic E-state index is 0.103. The van der Waals surface area contributed by atoms with Gasteiger partial charge in [0.05, 0.1) is 5.92 Å². The summed E-state index contributed by atoms with van der Waals surface area (Å²) in [5.41, 5.74) is 2.95. The zero-order valence-corrected chi connectivity index (χ0v) is 18.8. The fourth-order valence-corrected chi connectivity index (χ4v) is 5.40. The van der Waals surface area contributed by atoms with Crippen LogP contribution < -0.4 is 0 Å². The lowest BCUT2D eigenvalue weighted by molar-refractivity contribution is -0.165. The second kappa shape index (κ2) is 11.8. The number of carbonyl (C=O) groups is 1. The van der Waals surface area contributed by atoms with E-state index in [1.54, 1.807) is 0 Å². The Morgan fingerprint density at radius 2 is 1.48 bits per heavy atom. The Kier molecular flexibility index (Phi) is 9.08. The predicted molar refractivity (Wildman–Crippen MR) is 121 cm³/mol. The molecule has 1 aliphatic heterocycles. The van der Waals surface area contributed by atoms with Gasteiger partial charge in [0.1, 0.15) is 6.10 Å². The zero-order valence-electron chi connectivity index (χ0n) is 18.8. The van der Waals surface area contributed by atoms with Crippen LogP contribution in [0.15, 0.2) is 24.3 Å². The molecular weight excluding hydrogens is 356 g/mol. The summed E-state index contributed by atoms with van der Waals surface area (Å²) in [6.07, 6.45) is 17.1. The number of hydrogen-bond donors (Lipinski definition) is 0. The number of hydrogen-bond acceptors (Lipinski definition) is 2. The first-order chi connectivity index (χ1) is 14.2. The van der Waals surface area contributed by atoms with Crippen LogP contribution in [0.4, 0.5) is 0 Å². The molecule has 0 bridgehead atoms. The van der Waals surface area contributed by atoms with Crippen molar-refractivity contribution in [3.05, 3.63) is 35.4 Å². The predicted octanol–water partition coefficient (Wildman–Crippen LogP) is 7.28. The normalized spacial score (nSPS) is 27.6. The summed E-state index contributed by atoms with van der Waals surface area (Å²) in [7, 11) is 0. The Bertz CT molecular complexity index is 597. The molecule has 1 aromatic rings. The van der Waals surface area contributed by atoms with E-state index in [0.717, 1.165) is 25.2 Å².